The van der Waals surface area contributed by atoms with Crippen LogP contribution >= 0.6 is 0 Å². The van der Waals surface area contributed by atoms with Crippen molar-refractivity contribution in [1.29, 1.82) is 0 Å². The van der Waals surface area contributed by atoms with Gasteiger partial charge in [0.2, 0.25) is 10.0 Å². The van der Waals surface area contributed by atoms with Crippen molar-refractivity contribution in [3.05, 3.63) is 23.8 Å². The average Bonchev–Trinajstić information content (AvgIpc) is 2.72. The molecule has 0 bridgehead atoms. The molecule has 1 saturated heterocycles. The number of benzene rings is 1. The lowest BCUT2D eigenvalue weighted by molar-refractivity contribution is 0.0258. The van der Waals surface area contributed by atoms with E-state index in [1.165, 1.54) is 6.07 Å². The third-order valence-electron chi connectivity index (χ3n) is 3.15. The van der Waals surface area contributed by atoms with Crippen molar-refractivity contribution >= 4 is 10.0 Å². The standard InChI is InChI=1S/C13H19NO4S/c1-9-3-6-12(13(7-9)19(14,15)16)17-8-11-5-4-10(2)18-11/h3,6-7,10-11H,4-5,8H2,1-2H3,(H2,14,15,16). The van der Waals surface area contributed by atoms with E-state index < -0.39 is 10.0 Å². The highest BCUT2D eigenvalue weighted by Crippen LogP contribution is 2.26. The quantitative estimate of drug-likeness (QED) is 0.911. The number of aryl methyl sites for hydroxylation is 1. The molecule has 1 aliphatic rings. The fourth-order valence-electron chi connectivity index (χ4n) is 2.15. The molecule has 0 aliphatic carbocycles. The number of nitrogens with two attached hydrogens (primary N) is 1. The van der Waals surface area contributed by atoms with Crippen molar-refractivity contribution in [3.8, 4) is 5.75 Å². The van der Waals surface area contributed by atoms with Gasteiger partial charge < -0.3 is 9.47 Å². The zero-order chi connectivity index (χ0) is 14.0. The number of primary sulfonamides is 1. The molecule has 6 heteroatoms. The Kier molecular flexibility index (Phi) is 4.13. The lowest BCUT2D eigenvalue weighted by atomic mass is 10.2. The van der Waals surface area contributed by atoms with Gasteiger partial charge in [0.05, 0.1) is 12.2 Å². The van der Waals surface area contributed by atoms with Gasteiger partial charge in [-0.25, -0.2) is 13.6 Å². The molecule has 5 nitrogen and oxygen atoms in total. The van der Waals surface area contributed by atoms with Crippen LogP contribution in [0.1, 0.15) is 25.3 Å². The predicted octanol–water partition coefficient (Wildman–Crippen LogP) is 1.59. The maximum Gasteiger partial charge on any atom is 0.241 e. The van der Waals surface area contributed by atoms with E-state index in [9.17, 15) is 8.42 Å². The summed E-state index contributed by atoms with van der Waals surface area (Å²) in [5.41, 5.74) is 0.821. The number of rotatable bonds is 4. The molecule has 2 atom stereocenters. The van der Waals surface area contributed by atoms with Gasteiger partial charge in [-0.3, -0.25) is 0 Å². The first-order valence-electron chi connectivity index (χ1n) is 6.28. The summed E-state index contributed by atoms with van der Waals surface area (Å²) in [6.45, 7) is 4.16. The molecular weight excluding hydrogens is 266 g/mol. The van der Waals surface area contributed by atoms with Crippen LogP contribution in [0.2, 0.25) is 0 Å². The second kappa shape index (κ2) is 5.48. The normalized spacial score (nSPS) is 23.5. The Morgan fingerprint density at radius 1 is 1.42 bits per heavy atom. The SMILES string of the molecule is Cc1ccc(OCC2CCC(C)O2)c(S(N)(=O)=O)c1. The van der Waals surface area contributed by atoms with Gasteiger partial charge >= 0.3 is 0 Å². The summed E-state index contributed by atoms with van der Waals surface area (Å²) in [4.78, 5) is 0.0264. The summed E-state index contributed by atoms with van der Waals surface area (Å²) in [7, 11) is -3.78. The van der Waals surface area contributed by atoms with Crippen LogP contribution in [0.3, 0.4) is 0 Å². The molecule has 1 aliphatic heterocycles. The van der Waals surface area contributed by atoms with Crippen LogP contribution in [0.4, 0.5) is 0 Å². The molecule has 2 N–H and O–H groups in total. The Morgan fingerprint density at radius 3 is 2.74 bits per heavy atom. The highest BCUT2D eigenvalue weighted by molar-refractivity contribution is 7.89. The second-order valence-electron chi connectivity index (χ2n) is 4.95. The third-order valence-corrected chi connectivity index (χ3v) is 4.08. The van der Waals surface area contributed by atoms with Crippen molar-refractivity contribution in [2.24, 2.45) is 5.14 Å². The first kappa shape index (κ1) is 14.3. The zero-order valence-corrected chi connectivity index (χ0v) is 11.9. The molecule has 0 spiro atoms. The van der Waals surface area contributed by atoms with Gasteiger partial charge in [-0.1, -0.05) is 6.07 Å². The Morgan fingerprint density at radius 2 is 2.16 bits per heavy atom. The van der Waals surface area contributed by atoms with Gasteiger partial charge in [-0.2, -0.15) is 0 Å². The summed E-state index contributed by atoms with van der Waals surface area (Å²) >= 11 is 0. The Balaban J connectivity index is 2.12. The van der Waals surface area contributed by atoms with Crippen LogP contribution in [0.25, 0.3) is 0 Å². The smallest absolute Gasteiger partial charge is 0.241 e. The molecule has 1 fully saturated rings. The van der Waals surface area contributed by atoms with Crippen LogP contribution in [0, 0.1) is 6.92 Å². The maximum absolute atomic E-state index is 11.5. The number of hydrogen-bond acceptors (Lipinski definition) is 4. The minimum absolute atomic E-state index is 0.0182. The van der Waals surface area contributed by atoms with Crippen LogP contribution in [0.15, 0.2) is 23.1 Å². The van der Waals surface area contributed by atoms with Crippen molar-refractivity contribution in [1.82, 2.24) is 0 Å². The van der Waals surface area contributed by atoms with Crippen LogP contribution in [-0.4, -0.2) is 27.2 Å². The van der Waals surface area contributed by atoms with E-state index in [1.54, 1.807) is 19.1 Å². The Hall–Kier alpha value is -1.11. The van der Waals surface area contributed by atoms with Crippen LogP contribution < -0.4 is 9.88 Å². The lowest BCUT2D eigenvalue weighted by Gasteiger charge is -2.15. The molecule has 0 aromatic heterocycles. The summed E-state index contributed by atoms with van der Waals surface area (Å²) in [6.07, 6.45) is 2.19. The van der Waals surface area contributed by atoms with Crippen molar-refractivity contribution in [2.75, 3.05) is 6.61 Å². The first-order chi connectivity index (χ1) is 8.86. The van der Waals surface area contributed by atoms with E-state index in [0.29, 0.717) is 6.61 Å². The molecule has 106 valence electrons. The fraction of sp³-hybridized carbons (Fsp3) is 0.538. The molecule has 1 heterocycles. The van der Waals surface area contributed by atoms with E-state index in [-0.39, 0.29) is 22.9 Å². The third kappa shape index (κ3) is 3.68. The van der Waals surface area contributed by atoms with Crippen LogP contribution in [0.5, 0.6) is 5.75 Å². The van der Waals surface area contributed by atoms with Crippen molar-refractivity contribution in [3.63, 3.8) is 0 Å². The average molecular weight is 285 g/mol. The van der Waals surface area contributed by atoms with Gasteiger partial charge in [0.25, 0.3) is 0 Å². The summed E-state index contributed by atoms with van der Waals surface area (Å²) in [5.74, 6) is 0.288. The molecule has 1 aromatic carbocycles. The molecule has 1 aromatic rings. The summed E-state index contributed by atoms with van der Waals surface area (Å²) in [5, 5.41) is 5.19. The fourth-order valence-corrected chi connectivity index (χ4v) is 2.90. The highest BCUT2D eigenvalue weighted by Gasteiger charge is 2.23. The summed E-state index contributed by atoms with van der Waals surface area (Å²) in [6, 6.07) is 4.94. The van der Waals surface area contributed by atoms with Gasteiger partial charge in [-0.05, 0) is 44.4 Å². The number of hydrogen-bond donors (Lipinski definition) is 1. The molecule has 2 rings (SSSR count). The molecule has 19 heavy (non-hydrogen) atoms. The topological polar surface area (TPSA) is 78.6 Å². The second-order valence-corrected chi connectivity index (χ2v) is 6.48. The largest absolute Gasteiger partial charge is 0.489 e. The van der Waals surface area contributed by atoms with Crippen LogP contribution in [-0.2, 0) is 14.8 Å². The number of ether oxygens (including phenoxy) is 2. The predicted molar refractivity (Wildman–Crippen MR) is 71.6 cm³/mol. The first-order valence-corrected chi connectivity index (χ1v) is 7.82. The van der Waals surface area contributed by atoms with Gasteiger partial charge in [0, 0.05) is 0 Å². The Bertz CT molecular complexity index is 556. The molecule has 0 radical (unpaired) electrons. The Labute approximate surface area is 113 Å². The van der Waals surface area contributed by atoms with Crippen molar-refractivity contribution in [2.45, 2.75) is 43.8 Å². The van der Waals surface area contributed by atoms with E-state index in [1.807, 2.05) is 6.92 Å². The highest BCUT2D eigenvalue weighted by atomic mass is 32.2. The zero-order valence-electron chi connectivity index (χ0n) is 11.1. The monoisotopic (exact) mass is 285 g/mol. The van der Waals surface area contributed by atoms with E-state index in [2.05, 4.69) is 0 Å². The molecule has 0 saturated carbocycles. The van der Waals surface area contributed by atoms with Gasteiger partial charge in [0.1, 0.15) is 17.3 Å². The van der Waals surface area contributed by atoms with E-state index in [0.717, 1.165) is 18.4 Å². The molecular formula is C13H19NO4S. The van der Waals surface area contributed by atoms with E-state index in [4.69, 9.17) is 14.6 Å². The van der Waals surface area contributed by atoms with Crippen molar-refractivity contribution < 1.29 is 17.9 Å². The molecule has 0 amide bonds. The molecule has 2 unspecified atom stereocenters. The maximum atomic E-state index is 11.5. The van der Waals surface area contributed by atoms with Gasteiger partial charge in [0.15, 0.2) is 0 Å². The minimum atomic E-state index is -3.78. The van der Waals surface area contributed by atoms with E-state index >= 15 is 0 Å². The number of sulfonamides is 1. The lowest BCUT2D eigenvalue weighted by Crippen LogP contribution is -2.20. The summed E-state index contributed by atoms with van der Waals surface area (Å²) < 4.78 is 34.2. The minimum Gasteiger partial charge on any atom is -0.489 e. The van der Waals surface area contributed by atoms with Gasteiger partial charge in [-0.15, -0.1) is 0 Å².